The first kappa shape index (κ1) is 18.0. The number of anilines is 1. The Labute approximate surface area is 158 Å². The molecule has 1 N–H and O–H groups in total. The van der Waals surface area contributed by atoms with Gasteiger partial charge >= 0.3 is 6.03 Å². The van der Waals surface area contributed by atoms with Crippen LogP contribution in [0.2, 0.25) is 0 Å². The SMILES string of the molecule is O=C(Nc1cccc(F)c1)N1CCC[C@H]1c1nc(-c2ccc(F)cc2F)no1. The van der Waals surface area contributed by atoms with Gasteiger partial charge in [0.05, 0.1) is 5.56 Å². The smallest absolute Gasteiger partial charge is 0.322 e. The second-order valence-electron chi connectivity index (χ2n) is 6.37. The molecule has 0 unspecified atom stereocenters. The van der Waals surface area contributed by atoms with E-state index >= 15 is 0 Å². The number of carbonyl (C=O) groups excluding carboxylic acids is 1. The van der Waals surface area contributed by atoms with Crippen LogP contribution in [0.3, 0.4) is 0 Å². The van der Waals surface area contributed by atoms with Crippen molar-refractivity contribution in [3.05, 3.63) is 65.8 Å². The molecule has 28 heavy (non-hydrogen) atoms. The van der Waals surface area contributed by atoms with Crippen LogP contribution in [-0.4, -0.2) is 27.6 Å². The molecule has 0 aliphatic carbocycles. The Hall–Kier alpha value is -3.36. The number of hydrogen-bond acceptors (Lipinski definition) is 4. The highest BCUT2D eigenvalue weighted by Gasteiger charge is 2.34. The van der Waals surface area contributed by atoms with Crippen LogP contribution in [0.4, 0.5) is 23.7 Å². The van der Waals surface area contributed by atoms with E-state index in [0.717, 1.165) is 12.1 Å². The molecule has 1 fully saturated rings. The molecule has 2 heterocycles. The minimum Gasteiger partial charge on any atom is -0.337 e. The van der Waals surface area contributed by atoms with E-state index in [9.17, 15) is 18.0 Å². The number of benzene rings is 2. The van der Waals surface area contributed by atoms with Crippen molar-refractivity contribution in [1.82, 2.24) is 15.0 Å². The lowest BCUT2D eigenvalue weighted by Gasteiger charge is -2.22. The molecule has 0 spiro atoms. The molecule has 1 atom stereocenters. The Morgan fingerprint density at radius 2 is 1.96 bits per heavy atom. The van der Waals surface area contributed by atoms with Gasteiger partial charge in [-0.25, -0.2) is 18.0 Å². The molecule has 1 aliphatic heterocycles. The van der Waals surface area contributed by atoms with Gasteiger partial charge in [0.15, 0.2) is 0 Å². The highest BCUT2D eigenvalue weighted by Crippen LogP contribution is 2.33. The van der Waals surface area contributed by atoms with E-state index < -0.39 is 29.5 Å². The first-order valence-corrected chi connectivity index (χ1v) is 8.63. The maximum absolute atomic E-state index is 13.9. The molecule has 1 aliphatic rings. The van der Waals surface area contributed by atoms with E-state index in [-0.39, 0.29) is 17.3 Å². The van der Waals surface area contributed by atoms with E-state index in [2.05, 4.69) is 15.5 Å². The van der Waals surface area contributed by atoms with Gasteiger partial charge in [-0.15, -0.1) is 0 Å². The Balaban J connectivity index is 1.54. The average Bonchev–Trinajstić information content (AvgIpc) is 3.31. The lowest BCUT2D eigenvalue weighted by atomic mass is 10.2. The number of nitrogens with one attached hydrogen (secondary N) is 1. The topological polar surface area (TPSA) is 71.3 Å². The molecule has 4 rings (SSSR count). The third kappa shape index (κ3) is 3.55. The van der Waals surface area contributed by atoms with Gasteiger partial charge in [0, 0.05) is 18.3 Å². The Kier molecular flexibility index (Phi) is 4.72. The van der Waals surface area contributed by atoms with Crippen molar-refractivity contribution < 1.29 is 22.5 Å². The van der Waals surface area contributed by atoms with Crippen molar-refractivity contribution in [2.75, 3.05) is 11.9 Å². The summed E-state index contributed by atoms with van der Waals surface area (Å²) < 4.78 is 45.6. The first-order chi connectivity index (χ1) is 13.5. The molecule has 1 aromatic heterocycles. The summed E-state index contributed by atoms with van der Waals surface area (Å²) in [6.07, 6.45) is 1.30. The highest BCUT2D eigenvalue weighted by molar-refractivity contribution is 5.89. The number of halogens is 3. The van der Waals surface area contributed by atoms with Gasteiger partial charge in [-0.1, -0.05) is 11.2 Å². The number of amides is 2. The van der Waals surface area contributed by atoms with Crippen molar-refractivity contribution in [1.29, 1.82) is 0 Å². The second-order valence-corrected chi connectivity index (χ2v) is 6.37. The third-order valence-corrected chi connectivity index (χ3v) is 4.49. The fourth-order valence-corrected chi connectivity index (χ4v) is 3.18. The number of aromatic nitrogens is 2. The zero-order valence-electron chi connectivity index (χ0n) is 14.5. The van der Waals surface area contributed by atoms with E-state index in [1.54, 1.807) is 6.07 Å². The largest absolute Gasteiger partial charge is 0.337 e. The quantitative estimate of drug-likeness (QED) is 0.716. The molecular formula is C19H15F3N4O2. The molecule has 0 saturated carbocycles. The first-order valence-electron chi connectivity index (χ1n) is 8.63. The van der Waals surface area contributed by atoms with Crippen LogP contribution in [0.25, 0.3) is 11.4 Å². The van der Waals surface area contributed by atoms with Crippen LogP contribution in [-0.2, 0) is 0 Å². The van der Waals surface area contributed by atoms with Crippen molar-refractivity contribution >= 4 is 11.7 Å². The molecule has 3 aromatic rings. The van der Waals surface area contributed by atoms with E-state index in [1.165, 1.54) is 29.2 Å². The lowest BCUT2D eigenvalue weighted by molar-refractivity contribution is 0.193. The zero-order chi connectivity index (χ0) is 19.7. The van der Waals surface area contributed by atoms with Gasteiger partial charge in [0.2, 0.25) is 11.7 Å². The fourth-order valence-electron chi connectivity index (χ4n) is 3.18. The highest BCUT2D eigenvalue weighted by atomic mass is 19.1. The van der Waals surface area contributed by atoms with Crippen LogP contribution in [0, 0.1) is 17.5 Å². The van der Waals surface area contributed by atoms with Gasteiger partial charge in [-0.2, -0.15) is 4.98 Å². The molecular weight excluding hydrogens is 373 g/mol. The normalized spacial score (nSPS) is 16.4. The fraction of sp³-hybridized carbons (Fsp3) is 0.211. The molecule has 144 valence electrons. The van der Waals surface area contributed by atoms with Crippen molar-refractivity contribution in [3.63, 3.8) is 0 Å². The Bertz CT molecular complexity index is 1020. The molecule has 9 heteroatoms. The van der Waals surface area contributed by atoms with Gasteiger partial charge in [-0.3, -0.25) is 0 Å². The minimum atomic E-state index is -0.806. The van der Waals surface area contributed by atoms with Crippen LogP contribution in [0.1, 0.15) is 24.8 Å². The van der Waals surface area contributed by atoms with Crippen LogP contribution in [0.15, 0.2) is 47.0 Å². The van der Waals surface area contributed by atoms with Crippen molar-refractivity contribution in [2.45, 2.75) is 18.9 Å². The lowest BCUT2D eigenvalue weighted by Crippen LogP contribution is -2.34. The molecule has 6 nitrogen and oxygen atoms in total. The number of carbonyl (C=O) groups is 1. The standard InChI is InChI=1S/C19H15F3N4O2/c20-11-3-1-4-13(9-11)23-19(27)26-8-2-5-16(26)18-24-17(25-28-18)14-7-6-12(21)10-15(14)22/h1,3-4,6-7,9-10,16H,2,5,8H2,(H,23,27)/t16-/m0/s1. The molecule has 1 saturated heterocycles. The summed E-state index contributed by atoms with van der Waals surface area (Å²) in [5.74, 6) is -1.84. The number of likely N-dealkylation sites (tertiary alicyclic amines) is 1. The van der Waals surface area contributed by atoms with Crippen LogP contribution >= 0.6 is 0 Å². The van der Waals surface area contributed by atoms with Gasteiger partial charge in [0.25, 0.3) is 0 Å². The van der Waals surface area contributed by atoms with Gasteiger partial charge in [-0.05, 0) is 43.2 Å². The number of hydrogen-bond donors (Lipinski definition) is 1. The summed E-state index contributed by atoms with van der Waals surface area (Å²) >= 11 is 0. The Morgan fingerprint density at radius 1 is 1.14 bits per heavy atom. The van der Waals surface area contributed by atoms with Crippen molar-refractivity contribution in [3.8, 4) is 11.4 Å². The summed E-state index contributed by atoms with van der Waals surface area (Å²) in [5.41, 5.74) is 0.334. The third-order valence-electron chi connectivity index (χ3n) is 4.49. The molecule has 0 bridgehead atoms. The number of urea groups is 1. The zero-order valence-corrected chi connectivity index (χ0v) is 14.5. The van der Waals surface area contributed by atoms with E-state index in [1.807, 2.05) is 0 Å². The van der Waals surface area contributed by atoms with E-state index in [4.69, 9.17) is 4.52 Å². The maximum Gasteiger partial charge on any atom is 0.322 e. The average molecular weight is 388 g/mol. The number of rotatable bonds is 3. The maximum atomic E-state index is 13.9. The van der Waals surface area contributed by atoms with Crippen LogP contribution in [0.5, 0.6) is 0 Å². The second kappa shape index (κ2) is 7.34. The summed E-state index contributed by atoms with van der Waals surface area (Å²) in [7, 11) is 0. The predicted molar refractivity (Wildman–Crippen MR) is 93.7 cm³/mol. The predicted octanol–water partition coefficient (Wildman–Crippen LogP) is 4.52. The Morgan fingerprint density at radius 3 is 2.75 bits per heavy atom. The monoisotopic (exact) mass is 388 g/mol. The van der Waals surface area contributed by atoms with E-state index in [0.29, 0.717) is 25.1 Å². The van der Waals surface area contributed by atoms with Gasteiger partial charge in [0.1, 0.15) is 23.5 Å². The summed E-state index contributed by atoms with van der Waals surface area (Å²) in [5, 5.41) is 6.39. The number of nitrogens with zero attached hydrogens (tertiary/aromatic N) is 3. The molecule has 0 radical (unpaired) electrons. The molecule has 2 aromatic carbocycles. The summed E-state index contributed by atoms with van der Waals surface area (Å²) in [6.45, 7) is 0.453. The molecule has 2 amide bonds. The minimum absolute atomic E-state index is 0.00478. The summed E-state index contributed by atoms with van der Waals surface area (Å²) in [4.78, 5) is 18.3. The van der Waals surface area contributed by atoms with Crippen molar-refractivity contribution in [2.24, 2.45) is 0 Å². The summed E-state index contributed by atoms with van der Waals surface area (Å²) in [6, 6.07) is 7.71. The van der Waals surface area contributed by atoms with Gasteiger partial charge < -0.3 is 14.7 Å². The van der Waals surface area contributed by atoms with Crippen LogP contribution < -0.4 is 5.32 Å².